The van der Waals surface area contributed by atoms with Gasteiger partial charge in [0.25, 0.3) is 0 Å². The molecule has 0 fully saturated rings. The van der Waals surface area contributed by atoms with Crippen LogP contribution in [0.5, 0.6) is 0 Å². The molecule has 0 unspecified atom stereocenters. The molecule has 0 saturated carbocycles. The Balaban J connectivity index is 1.67. The second kappa shape index (κ2) is 6.95. The van der Waals surface area contributed by atoms with Crippen LogP contribution < -0.4 is 5.32 Å². The molecule has 0 radical (unpaired) electrons. The minimum absolute atomic E-state index is 0.157. The van der Waals surface area contributed by atoms with Gasteiger partial charge in [-0.2, -0.15) is 11.3 Å². The summed E-state index contributed by atoms with van der Waals surface area (Å²) in [5, 5.41) is 17.9. The van der Waals surface area contributed by atoms with E-state index in [9.17, 15) is 9.90 Å². The van der Waals surface area contributed by atoms with Crippen molar-refractivity contribution in [2.24, 2.45) is 0 Å². The number of nitrogens with one attached hydrogen (secondary N) is 1. The molecule has 0 aliphatic rings. The first-order valence-electron chi connectivity index (χ1n) is 7.61. The van der Waals surface area contributed by atoms with E-state index in [0.29, 0.717) is 0 Å². The van der Waals surface area contributed by atoms with Crippen molar-refractivity contribution in [3.8, 4) is 0 Å². The van der Waals surface area contributed by atoms with Crippen LogP contribution in [-0.2, 0) is 10.4 Å². The van der Waals surface area contributed by atoms with Gasteiger partial charge < -0.3 is 10.4 Å². The molecule has 2 N–H and O–H groups in total. The fourth-order valence-electron chi connectivity index (χ4n) is 2.42. The summed E-state index contributed by atoms with van der Waals surface area (Å²) in [6, 6.07) is 11.5. The van der Waals surface area contributed by atoms with Crippen molar-refractivity contribution in [2.75, 3.05) is 6.54 Å². The van der Waals surface area contributed by atoms with E-state index in [1.807, 2.05) is 47.2 Å². The van der Waals surface area contributed by atoms with Crippen LogP contribution in [-0.4, -0.2) is 22.5 Å². The summed E-state index contributed by atoms with van der Waals surface area (Å²) in [4.78, 5) is 16.3. The third-order valence-electron chi connectivity index (χ3n) is 3.85. The lowest BCUT2D eigenvalue weighted by atomic mass is 9.99. The standard InChI is InChI=1S/C19H18N2O2S/c1-19(23,15-9-11-24-12-15)13-21-18(22)7-6-14-8-10-20-17-5-3-2-4-16(14)17/h2-12,23H,13H2,1H3,(H,21,22)/b7-6+/t19-/m1/s1. The molecule has 0 aliphatic carbocycles. The summed E-state index contributed by atoms with van der Waals surface area (Å²) in [5.41, 5.74) is 1.55. The number of thiophene rings is 1. The summed E-state index contributed by atoms with van der Waals surface area (Å²) in [7, 11) is 0. The molecule has 0 spiro atoms. The second-order valence-corrected chi connectivity index (χ2v) is 6.53. The van der Waals surface area contributed by atoms with Crippen LogP contribution in [0.2, 0.25) is 0 Å². The Morgan fingerprint density at radius 1 is 1.33 bits per heavy atom. The molecular weight excluding hydrogens is 320 g/mol. The number of carbonyl (C=O) groups is 1. The maximum Gasteiger partial charge on any atom is 0.244 e. The monoisotopic (exact) mass is 338 g/mol. The van der Waals surface area contributed by atoms with Gasteiger partial charge in [0.1, 0.15) is 5.60 Å². The van der Waals surface area contributed by atoms with Gasteiger partial charge >= 0.3 is 0 Å². The Kier molecular flexibility index (Phi) is 4.74. The summed E-state index contributed by atoms with van der Waals surface area (Å²) < 4.78 is 0. The van der Waals surface area contributed by atoms with Crippen LogP contribution in [0, 0.1) is 0 Å². The summed E-state index contributed by atoms with van der Waals surface area (Å²) in [6.45, 7) is 1.85. The molecule has 122 valence electrons. The first kappa shape index (κ1) is 16.4. The van der Waals surface area contributed by atoms with Crippen molar-refractivity contribution < 1.29 is 9.90 Å². The Labute approximate surface area is 144 Å². The lowest BCUT2D eigenvalue weighted by Crippen LogP contribution is -2.37. The number of rotatable bonds is 5. The minimum atomic E-state index is -1.08. The van der Waals surface area contributed by atoms with Gasteiger partial charge in [0.05, 0.1) is 12.1 Å². The summed E-state index contributed by atoms with van der Waals surface area (Å²) >= 11 is 1.52. The smallest absolute Gasteiger partial charge is 0.244 e. The van der Waals surface area contributed by atoms with Crippen LogP contribution in [0.25, 0.3) is 17.0 Å². The van der Waals surface area contributed by atoms with E-state index in [4.69, 9.17) is 0 Å². The van der Waals surface area contributed by atoms with Gasteiger partial charge in [0, 0.05) is 17.7 Å². The van der Waals surface area contributed by atoms with Crippen molar-refractivity contribution >= 4 is 34.2 Å². The Morgan fingerprint density at radius 2 is 2.17 bits per heavy atom. The number of aliphatic hydroxyl groups is 1. The molecule has 2 heterocycles. The highest BCUT2D eigenvalue weighted by molar-refractivity contribution is 7.08. The van der Waals surface area contributed by atoms with Gasteiger partial charge in [-0.1, -0.05) is 18.2 Å². The Hall–Kier alpha value is -2.50. The van der Waals surface area contributed by atoms with E-state index in [2.05, 4.69) is 10.3 Å². The highest BCUT2D eigenvalue weighted by Crippen LogP contribution is 2.22. The number of fused-ring (bicyclic) bond motifs is 1. The lowest BCUT2D eigenvalue weighted by molar-refractivity contribution is -0.117. The molecule has 0 saturated heterocycles. The highest BCUT2D eigenvalue weighted by Gasteiger charge is 2.23. The molecule has 5 heteroatoms. The predicted molar refractivity (Wildman–Crippen MR) is 97.7 cm³/mol. The van der Waals surface area contributed by atoms with Gasteiger partial charge in [-0.3, -0.25) is 9.78 Å². The average molecular weight is 338 g/mol. The first-order valence-corrected chi connectivity index (χ1v) is 8.55. The van der Waals surface area contributed by atoms with E-state index >= 15 is 0 Å². The molecule has 2 aromatic heterocycles. The number of benzene rings is 1. The maximum absolute atomic E-state index is 12.0. The minimum Gasteiger partial charge on any atom is -0.384 e. The number of para-hydroxylation sites is 1. The number of hydrogen-bond donors (Lipinski definition) is 2. The molecule has 24 heavy (non-hydrogen) atoms. The van der Waals surface area contributed by atoms with Crippen molar-refractivity contribution in [1.82, 2.24) is 10.3 Å². The number of aromatic nitrogens is 1. The van der Waals surface area contributed by atoms with E-state index < -0.39 is 5.60 Å². The van der Waals surface area contributed by atoms with Crippen molar-refractivity contribution in [2.45, 2.75) is 12.5 Å². The third kappa shape index (κ3) is 3.69. The fraction of sp³-hybridized carbons (Fsp3) is 0.158. The van der Waals surface area contributed by atoms with E-state index in [1.165, 1.54) is 17.4 Å². The van der Waals surface area contributed by atoms with Gasteiger partial charge in [-0.05, 0) is 53.1 Å². The molecule has 1 amide bonds. The molecule has 3 aromatic rings. The second-order valence-electron chi connectivity index (χ2n) is 5.75. The normalized spacial score (nSPS) is 13.9. The van der Waals surface area contributed by atoms with Crippen molar-refractivity contribution in [1.29, 1.82) is 0 Å². The molecule has 0 bridgehead atoms. The predicted octanol–water partition coefficient (Wildman–Crippen LogP) is 3.33. The van der Waals surface area contributed by atoms with Crippen LogP contribution in [0.3, 0.4) is 0 Å². The number of nitrogens with zero attached hydrogens (tertiary/aromatic N) is 1. The zero-order chi connectivity index (χ0) is 17.0. The van der Waals surface area contributed by atoms with Crippen LogP contribution in [0.15, 0.2) is 59.4 Å². The number of amides is 1. The van der Waals surface area contributed by atoms with Gasteiger partial charge in [-0.15, -0.1) is 0 Å². The lowest BCUT2D eigenvalue weighted by Gasteiger charge is -2.22. The average Bonchev–Trinajstić information content (AvgIpc) is 3.14. The molecular formula is C19H18N2O2S. The van der Waals surface area contributed by atoms with Crippen molar-refractivity contribution in [3.63, 3.8) is 0 Å². The molecule has 1 atom stereocenters. The Morgan fingerprint density at radius 3 is 2.96 bits per heavy atom. The van der Waals surface area contributed by atoms with Crippen LogP contribution in [0.4, 0.5) is 0 Å². The summed E-state index contributed by atoms with van der Waals surface area (Å²) in [5.74, 6) is -0.244. The number of pyridine rings is 1. The maximum atomic E-state index is 12.0. The summed E-state index contributed by atoms with van der Waals surface area (Å²) in [6.07, 6.45) is 4.96. The number of hydrogen-bond acceptors (Lipinski definition) is 4. The van der Waals surface area contributed by atoms with Crippen molar-refractivity contribution in [3.05, 3.63) is 70.6 Å². The van der Waals surface area contributed by atoms with Gasteiger partial charge in [0.15, 0.2) is 0 Å². The molecule has 0 aliphatic heterocycles. The zero-order valence-electron chi connectivity index (χ0n) is 13.3. The fourth-order valence-corrected chi connectivity index (χ4v) is 3.20. The first-order chi connectivity index (χ1) is 11.6. The van der Waals surface area contributed by atoms with Gasteiger partial charge in [-0.25, -0.2) is 0 Å². The Bertz CT molecular complexity index is 865. The highest BCUT2D eigenvalue weighted by atomic mass is 32.1. The van der Waals surface area contributed by atoms with Crippen LogP contribution >= 0.6 is 11.3 Å². The third-order valence-corrected chi connectivity index (χ3v) is 4.53. The largest absolute Gasteiger partial charge is 0.384 e. The van der Waals surface area contributed by atoms with E-state index in [1.54, 1.807) is 19.2 Å². The zero-order valence-corrected chi connectivity index (χ0v) is 14.1. The van der Waals surface area contributed by atoms with Crippen LogP contribution in [0.1, 0.15) is 18.1 Å². The molecule has 4 nitrogen and oxygen atoms in total. The van der Waals surface area contributed by atoms with Gasteiger partial charge in [0.2, 0.25) is 5.91 Å². The quantitative estimate of drug-likeness (QED) is 0.702. The molecule has 3 rings (SSSR count). The van der Waals surface area contributed by atoms with E-state index in [0.717, 1.165) is 22.0 Å². The van der Waals surface area contributed by atoms with E-state index in [-0.39, 0.29) is 12.5 Å². The number of carbonyl (C=O) groups excluding carboxylic acids is 1. The topological polar surface area (TPSA) is 62.2 Å². The SMILES string of the molecule is C[C@@](O)(CNC(=O)/C=C/c1ccnc2ccccc12)c1ccsc1. The molecule has 1 aromatic carbocycles.